The van der Waals surface area contributed by atoms with Crippen LogP contribution in [-0.2, 0) is 16.6 Å². The zero-order valence-corrected chi connectivity index (χ0v) is 20.1. The Hall–Kier alpha value is -4.07. The Labute approximate surface area is 215 Å². The van der Waals surface area contributed by atoms with Crippen LogP contribution in [0.2, 0.25) is 5.02 Å². The monoisotopic (exact) mass is 553 g/mol. The third-order valence-corrected chi connectivity index (χ3v) is 6.73. The van der Waals surface area contributed by atoms with Gasteiger partial charge in [-0.2, -0.15) is 22.0 Å². The molecule has 3 aromatic heterocycles. The number of aromatic nitrogens is 5. The quantitative estimate of drug-likeness (QED) is 0.310. The molecule has 9 nitrogen and oxygen atoms in total. The van der Waals surface area contributed by atoms with Crippen molar-refractivity contribution in [2.24, 2.45) is 0 Å². The molecule has 38 heavy (non-hydrogen) atoms. The van der Waals surface area contributed by atoms with Crippen molar-refractivity contribution in [3.63, 3.8) is 0 Å². The molecule has 0 saturated carbocycles. The second kappa shape index (κ2) is 8.48. The molecule has 5 rings (SSSR count). The van der Waals surface area contributed by atoms with E-state index in [2.05, 4.69) is 25.3 Å². The van der Waals surface area contributed by atoms with Crippen molar-refractivity contribution < 1.29 is 31.9 Å². The fourth-order valence-corrected chi connectivity index (χ4v) is 4.43. The van der Waals surface area contributed by atoms with Crippen LogP contribution >= 0.6 is 11.6 Å². The van der Waals surface area contributed by atoms with E-state index >= 15 is 0 Å². The lowest BCUT2D eigenvalue weighted by atomic mass is 9.77. The molecule has 1 atom stereocenters. The van der Waals surface area contributed by atoms with Gasteiger partial charge in [0.05, 0.1) is 16.3 Å². The number of fused-ring (bicyclic) bond motifs is 2. The highest BCUT2D eigenvalue weighted by atomic mass is 35.5. The highest BCUT2D eigenvalue weighted by molar-refractivity contribution is 6.32. The van der Waals surface area contributed by atoms with Crippen molar-refractivity contribution in [3.05, 3.63) is 58.6 Å². The van der Waals surface area contributed by atoms with E-state index in [4.69, 9.17) is 17.3 Å². The second-order valence-electron chi connectivity index (χ2n) is 8.83. The van der Waals surface area contributed by atoms with Crippen molar-refractivity contribution in [3.8, 4) is 17.3 Å². The van der Waals surface area contributed by atoms with Crippen LogP contribution in [0.25, 0.3) is 17.2 Å². The smallest absolute Gasteiger partial charge is 0.453 e. The average Bonchev–Trinajstić information content (AvgIpc) is 3.41. The predicted octanol–water partition coefficient (Wildman–Crippen LogP) is 4.52. The maximum absolute atomic E-state index is 13.6. The van der Waals surface area contributed by atoms with Gasteiger partial charge in [0.2, 0.25) is 5.91 Å². The number of phenolic OH excluding ortho intramolecular Hbond substituents is 1. The van der Waals surface area contributed by atoms with Gasteiger partial charge in [-0.05, 0) is 31.0 Å². The van der Waals surface area contributed by atoms with Gasteiger partial charge in [0.1, 0.15) is 28.5 Å². The molecule has 1 aromatic carbocycles. The van der Waals surface area contributed by atoms with E-state index < -0.39 is 36.3 Å². The third kappa shape index (κ3) is 3.95. The maximum Gasteiger partial charge on any atom is 0.453 e. The number of amides is 1. The van der Waals surface area contributed by atoms with E-state index in [1.165, 1.54) is 35.1 Å². The fraction of sp³-hybridized carbons (Fsp3) is 0.261. The standard InChI is InChI=1S/C23H17ClF5N7O2/c1-21(10-2-3-11(24)14(37)8-10)15-16(30)33-17(34-18(15)35-20(21)38)13-9-36-7-6-31-19(36)12(32-13)4-5-22(25,26)23(27,28)29/h2-3,6-9,37H,4-5H2,1H3,(H3,30,33,34,35,38)/t21-/m1/s1. The first-order chi connectivity index (χ1) is 17.7. The molecule has 4 aromatic rings. The molecule has 1 amide bonds. The molecule has 4 N–H and O–H groups in total. The molecule has 0 radical (unpaired) electrons. The number of benzene rings is 1. The molecule has 0 aliphatic carbocycles. The summed E-state index contributed by atoms with van der Waals surface area (Å²) >= 11 is 5.89. The van der Waals surface area contributed by atoms with Gasteiger partial charge in [-0.15, -0.1) is 0 Å². The normalized spacial score (nSPS) is 17.6. The Morgan fingerprint density at radius 2 is 1.92 bits per heavy atom. The minimum atomic E-state index is -5.71. The van der Waals surface area contributed by atoms with Gasteiger partial charge >= 0.3 is 12.1 Å². The summed E-state index contributed by atoms with van der Waals surface area (Å²) in [5.74, 6) is -5.85. The van der Waals surface area contributed by atoms with Gasteiger partial charge in [0, 0.05) is 25.0 Å². The number of rotatable bonds is 5. The highest BCUT2D eigenvalue weighted by Gasteiger charge is 2.56. The number of imidazole rings is 1. The van der Waals surface area contributed by atoms with E-state index in [0.29, 0.717) is 5.56 Å². The number of halogens is 6. The number of carbonyl (C=O) groups excluding carboxylic acids is 1. The summed E-state index contributed by atoms with van der Waals surface area (Å²) in [6.45, 7) is 1.56. The highest BCUT2D eigenvalue weighted by Crippen LogP contribution is 2.46. The van der Waals surface area contributed by atoms with Gasteiger partial charge in [-0.1, -0.05) is 17.7 Å². The molecule has 15 heteroatoms. The molecule has 0 bridgehead atoms. The summed E-state index contributed by atoms with van der Waals surface area (Å²) in [6, 6.07) is 4.28. The Kier molecular flexibility index (Phi) is 5.71. The van der Waals surface area contributed by atoms with E-state index in [0.717, 1.165) is 0 Å². The fourth-order valence-electron chi connectivity index (χ4n) is 4.31. The molecule has 0 unspecified atom stereocenters. The number of phenols is 1. The molecule has 0 fully saturated rings. The number of anilines is 2. The molecular weight excluding hydrogens is 537 g/mol. The second-order valence-corrected chi connectivity index (χ2v) is 9.24. The van der Waals surface area contributed by atoms with Crippen molar-refractivity contribution >= 4 is 34.8 Å². The molecule has 1 aliphatic rings. The summed E-state index contributed by atoms with van der Waals surface area (Å²) in [5, 5.41) is 12.8. The van der Waals surface area contributed by atoms with Gasteiger partial charge in [0.15, 0.2) is 11.5 Å². The number of hydrogen-bond donors (Lipinski definition) is 3. The molecular formula is C23H17ClF5N7O2. The lowest BCUT2D eigenvalue weighted by Crippen LogP contribution is -2.36. The SMILES string of the molecule is C[C@]1(c2ccc(Cl)c(O)c2)C(=O)Nc2nc(-c3cn4ccnc4c(CCC(F)(F)C(F)(F)F)n3)nc(N)c21. The van der Waals surface area contributed by atoms with Crippen LogP contribution in [0.1, 0.15) is 30.2 Å². The Morgan fingerprint density at radius 1 is 1.18 bits per heavy atom. The van der Waals surface area contributed by atoms with Crippen LogP contribution in [-0.4, -0.2) is 47.4 Å². The maximum atomic E-state index is 13.6. The van der Waals surface area contributed by atoms with Crippen molar-refractivity contribution in [2.45, 2.75) is 37.3 Å². The first-order valence-corrected chi connectivity index (χ1v) is 11.4. The predicted molar refractivity (Wildman–Crippen MR) is 126 cm³/mol. The molecule has 4 heterocycles. The van der Waals surface area contributed by atoms with Gasteiger partial charge in [-0.3, -0.25) is 4.79 Å². The summed E-state index contributed by atoms with van der Waals surface area (Å²) in [7, 11) is 0. The number of nitrogens with two attached hydrogens (primary N) is 1. The minimum Gasteiger partial charge on any atom is -0.506 e. The van der Waals surface area contributed by atoms with Crippen LogP contribution in [0.5, 0.6) is 5.75 Å². The number of aromatic hydroxyl groups is 1. The summed E-state index contributed by atoms with van der Waals surface area (Å²) in [6.07, 6.45) is -3.80. The zero-order chi connectivity index (χ0) is 27.6. The lowest BCUT2D eigenvalue weighted by molar-refractivity contribution is -0.284. The molecule has 0 saturated heterocycles. The Balaban J connectivity index is 1.57. The van der Waals surface area contributed by atoms with Crippen molar-refractivity contribution in [2.75, 3.05) is 11.1 Å². The van der Waals surface area contributed by atoms with Gasteiger partial charge < -0.3 is 20.6 Å². The lowest BCUT2D eigenvalue weighted by Gasteiger charge is -2.23. The minimum absolute atomic E-state index is 0.00214. The summed E-state index contributed by atoms with van der Waals surface area (Å²) in [5.41, 5.74) is 5.40. The Bertz CT molecular complexity index is 1610. The van der Waals surface area contributed by atoms with E-state index in [9.17, 15) is 31.9 Å². The number of carbonyl (C=O) groups is 1. The Morgan fingerprint density at radius 3 is 2.61 bits per heavy atom. The van der Waals surface area contributed by atoms with E-state index in [1.54, 1.807) is 13.0 Å². The molecule has 0 spiro atoms. The first kappa shape index (κ1) is 25.6. The number of hydrogen-bond acceptors (Lipinski definition) is 7. The number of nitrogen functional groups attached to an aromatic ring is 1. The topological polar surface area (TPSA) is 131 Å². The first-order valence-electron chi connectivity index (χ1n) is 11.0. The number of nitrogens with one attached hydrogen (secondary N) is 1. The van der Waals surface area contributed by atoms with Crippen LogP contribution in [0, 0.1) is 0 Å². The molecule has 1 aliphatic heterocycles. The number of aryl methyl sites for hydroxylation is 1. The van der Waals surface area contributed by atoms with Gasteiger partial charge in [0.25, 0.3) is 0 Å². The van der Waals surface area contributed by atoms with Crippen LogP contribution in [0.3, 0.4) is 0 Å². The van der Waals surface area contributed by atoms with Crippen LogP contribution in [0.4, 0.5) is 33.6 Å². The molecule has 198 valence electrons. The van der Waals surface area contributed by atoms with Crippen molar-refractivity contribution in [1.82, 2.24) is 24.3 Å². The zero-order valence-electron chi connectivity index (χ0n) is 19.3. The van der Waals surface area contributed by atoms with Gasteiger partial charge in [-0.25, -0.2) is 19.9 Å². The summed E-state index contributed by atoms with van der Waals surface area (Å²) < 4.78 is 66.6. The van der Waals surface area contributed by atoms with Crippen molar-refractivity contribution in [1.29, 1.82) is 0 Å². The van der Waals surface area contributed by atoms with Crippen LogP contribution < -0.4 is 11.1 Å². The number of nitrogens with zero attached hydrogens (tertiary/aromatic N) is 5. The van der Waals surface area contributed by atoms with E-state index in [1.807, 2.05) is 0 Å². The average molecular weight is 554 g/mol. The van der Waals surface area contributed by atoms with E-state index in [-0.39, 0.29) is 50.8 Å². The number of alkyl halides is 5. The third-order valence-electron chi connectivity index (χ3n) is 6.41. The van der Waals surface area contributed by atoms with Crippen LogP contribution in [0.15, 0.2) is 36.8 Å². The largest absolute Gasteiger partial charge is 0.506 e. The summed E-state index contributed by atoms with van der Waals surface area (Å²) in [4.78, 5) is 29.9.